The highest BCUT2D eigenvalue weighted by Crippen LogP contribution is 2.32. The van der Waals surface area contributed by atoms with Crippen LogP contribution in [0.4, 0.5) is 11.6 Å². The van der Waals surface area contributed by atoms with Crippen LogP contribution in [0, 0.1) is 41.5 Å². The van der Waals surface area contributed by atoms with Crippen LogP contribution in [0.25, 0.3) is 45.7 Å². The quantitative estimate of drug-likeness (QED) is 0.141. The Balaban J connectivity index is 0.000000201. The number of nitrogens with zero attached hydrogens (tertiary/aromatic N) is 8. The zero-order valence-electron chi connectivity index (χ0n) is 31.7. The lowest BCUT2D eigenvalue weighted by atomic mass is 10.1. The fraction of sp³-hybridized carbons (Fsp3) is 0.350. The van der Waals surface area contributed by atoms with Crippen LogP contribution in [-0.2, 0) is 0 Å². The summed E-state index contributed by atoms with van der Waals surface area (Å²) in [5.41, 5.74) is 8.30. The summed E-state index contributed by atoms with van der Waals surface area (Å²) in [7, 11) is 0. The SMILES string of the molecule is CCN(CC)c1cc(-c2nc(-c3cc(C)c(O)c(C)c3)no2)cc(C)n1.CCN(CC)c1cc(-c2nc(-c3cc(C)c(O)c(C)c3)no2)cc(C)n1. The molecule has 0 aliphatic carbocycles. The third kappa shape index (κ3) is 8.22. The first-order valence-corrected chi connectivity index (χ1v) is 17.6. The van der Waals surface area contributed by atoms with Crippen molar-refractivity contribution in [1.82, 2.24) is 30.2 Å². The summed E-state index contributed by atoms with van der Waals surface area (Å²) in [5.74, 6) is 4.33. The highest BCUT2D eigenvalue weighted by Gasteiger charge is 2.17. The van der Waals surface area contributed by atoms with Crippen molar-refractivity contribution in [2.75, 3.05) is 36.0 Å². The molecule has 0 bridgehead atoms. The van der Waals surface area contributed by atoms with E-state index in [0.29, 0.717) is 34.9 Å². The molecule has 2 aromatic carbocycles. The Morgan fingerprint density at radius 2 is 0.788 bits per heavy atom. The number of anilines is 2. The van der Waals surface area contributed by atoms with Crippen molar-refractivity contribution < 1.29 is 19.3 Å². The molecule has 12 nitrogen and oxygen atoms in total. The maximum Gasteiger partial charge on any atom is 0.258 e. The number of aromatic nitrogens is 6. The van der Waals surface area contributed by atoms with Gasteiger partial charge in [-0.2, -0.15) is 9.97 Å². The van der Waals surface area contributed by atoms with Crippen molar-refractivity contribution >= 4 is 11.6 Å². The van der Waals surface area contributed by atoms with Gasteiger partial charge in [-0.1, -0.05) is 10.3 Å². The minimum atomic E-state index is 0.297. The van der Waals surface area contributed by atoms with Gasteiger partial charge in [-0.25, -0.2) is 9.97 Å². The first kappa shape index (κ1) is 37.5. The molecule has 0 amide bonds. The molecule has 0 atom stereocenters. The van der Waals surface area contributed by atoms with Gasteiger partial charge >= 0.3 is 0 Å². The van der Waals surface area contributed by atoms with Gasteiger partial charge in [0.25, 0.3) is 11.8 Å². The molecule has 272 valence electrons. The third-order valence-electron chi connectivity index (χ3n) is 8.90. The molecule has 0 aliphatic heterocycles. The van der Waals surface area contributed by atoms with E-state index < -0.39 is 0 Å². The van der Waals surface area contributed by atoms with E-state index in [4.69, 9.17) is 9.05 Å². The molecule has 0 unspecified atom stereocenters. The summed E-state index contributed by atoms with van der Waals surface area (Å²) in [4.78, 5) is 22.7. The van der Waals surface area contributed by atoms with E-state index in [2.05, 4.69) is 67.7 Å². The number of phenols is 2. The smallest absolute Gasteiger partial charge is 0.258 e. The molecule has 0 fully saturated rings. The summed E-state index contributed by atoms with van der Waals surface area (Å²) >= 11 is 0. The van der Waals surface area contributed by atoms with Crippen molar-refractivity contribution in [3.05, 3.63) is 82.2 Å². The molecular formula is C40H48N8O4. The average molecular weight is 705 g/mol. The highest BCUT2D eigenvalue weighted by molar-refractivity contribution is 5.67. The van der Waals surface area contributed by atoms with Crippen molar-refractivity contribution in [3.8, 4) is 57.2 Å². The Hall–Kier alpha value is -5.78. The maximum absolute atomic E-state index is 9.94. The van der Waals surface area contributed by atoms with E-state index in [9.17, 15) is 10.2 Å². The zero-order valence-corrected chi connectivity index (χ0v) is 31.7. The van der Waals surface area contributed by atoms with E-state index in [1.807, 2.05) is 90.1 Å². The fourth-order valence-electron chi connectivity index (χ4n) is 6.05. The summed E-state index contributed by atoms with van der Waals surface area (Å²) in [5, 5.41) is 28.1. The molecule has 0 saturated carbocycles. The number of hydrogen-bond donors (Lipinski definition) is 2. The van der Waals surface area contributed by atoms with Crippen molar-refractivity contribution in [2.24, 2.45) is 0 Å². The molecule has 0 saturated heterocycles. The van der Waals surface area contributed by atoms with Crippen LogP contribution in [0.1, 0.15) is 61.3 Å². The minimum Gasteiger partial charge on any atom is -0.507 e. The maximum atomic E-state index is 9.94. The molecule has 6 rings (SSSR count). The van der Waals surface area contributed by atoms with Gasteiger partial charge < -0.3 is 29.1 Å². The summed E-state index contributed by atoms with van der Waals surface area (Å²) in [6.07, 6.45) is 0. The third-order valence-corrected chi connectivity index (χ3v) is 8.90. The second-order valence-electron chi connectivity index (χ2n) is 12.8. The largest absolute Gasteiger partial charge is 0.507 e. The van der Waals surface area contributed by atoms with E-state index in [1.54, 1.807) is 0 Å². The monoisotopic (exact) mass is 704 g/mol. The van der Waals surface area contributed by atoms with Crippen LogP contribution in [0.15, 0.2) is 57.6 Å². The lowest BCUT2D eigenvalue weighted by Gasteiger charge is -2.20. The van der Waals surface area contributed by atoms with Crippen LogP contribution in [0.3, 0.4) is 0 Å². The first-order chi connectivity index (χ1) is 24.8. The molecule has 12 heteroatoms. The molecule has 52 heavy (non-hydrogen) atoms. The van der Waals surface area contributed by atoms with Gasteiger partial charge in [-0.05, 0) is 140 Å². The lowest BCUT2D eigenvalue weighted by molar-refractivity contribution is 0.432. The number of aromatic hydroxyl groups is 2. The number of benzene rings is 2. The van der Waals surface area contributed by atoms with Gasteiger partial charge in [-0.3, -0.25) is 0 Å². The Morgan fingerprint density at radius 1 is 0.462 bits per heavy atom. The standard InChI is InChI=1S/2C20H24N4O2/c2*1-6-24(7-2)17-11-16(10-14(5)21-17)20-22-19(23-26-20)15-8-12(3)18(25)13(4)9-15/h2*8-11,25H,6-7H2,1-5H3. The van der Waals surface area contributed by atoms with E-state index in [0.717, 1.165) is 93.7 Å². The summed E-state index contributed by atoms with van der Waals surface area (Å²) in [6, 6.07) is 15.3. The second-order valence-corrected chi connectivity index (χ2v) is 12.8. The number of rotatable bonds is 10. The van der Waals surface area contributed by atoms with Crippen LogP contribution in [0.5, 0.6) is 11.5 Å². The van der Waals surface area contributed by atoms with Crippen molar-refractivity contribution in [2.45, 2.75) is 69.2 Å². The molecule has 4 heterocycles. The normalized spacial score (nSPS) is 11.0. The second kappa shape index (κ2) is 16.1. The predicted octanol–water partition coefficient (Wildman–Crippen LogP) is 8.55. The fourth-order valence-corrected chi connectivity index (χ4v) is 6.05. The molecule has 4 aromatic heterocycles. The van der Waals surface area contributed by atoms with E-state index >= 15 is 0 Å². The Morgan fingerprint density at radius 3 is 1.10 bits per heavy atom. The average Bonchev–Trinajstić information content (AvgIpc) is 3.82. The number of aryl methyl sites for hydroxylation is 6. The Bertz CT molecular complexity index is 1970. The van der Waals surface area contributed by atoms with Gasteiger partial charge in [0.1, 0.15) is 23.1 Å². The lowest BCUT2D eigenvalue weighted by Crippen LogP contribution is -2.23. The number of phenolic OH excluding ortho intramolecular Hbond substituents is 2. The molecule has 0 aliphatic rings. The minimum absolute atomic E-state index is 0.297. The van der Waals surface area contributed by atoms with Crippen LogP contribution < -0.4 is 9.80 Å². The van der Waals surface area contributed by atoms with E-state index in [-0.39, 0.29) is 0 Å². The first-order valence-electron chi connectivity index (χ1n) is 17.6. The van der Waals surface area contributed by atoms with Gasteiger partial charge in [-0.15, -0.1) is 0 Å². The molecule has 0 spiro atoms. The van der Waals surface area contributed by atoms with Gasteiger partial charge in [0, 0.05) is 59.8 Å². The molecule has 2 N–H and O–H groups in total. The van der Waals surface area contributed by atoms with Crippen LogP contribution in [-0.4, -0.2) is 66.6 Å². The van der Waals surface area contributed by atoms with Crippen molar-refractivity contribution in [3.63, 3.8) is 0 Å². The highest BCUT2D eigenvalue weighted by atomic mass is 16.5. The van der Waals surface area contributed by atoms with Crippen molar-refractivity contribution in [1.29, 1.82) is 0 Å². The van der Waals surface area contributed by atoms with Gasteiger partial charge in [0.05, 0.1) is 0 Å². The Kier molecular flexibility index (Phi) is 11.6. The van der Waals surface area contributed by atoms with Crippen LogP contribution >= 0.6 is 0 Å². The van der Waals surface area contributed by atoms with Crippen LogP contribution in [0.2, 0.25) is 0 Å². The zero-order chi connectivity index (χ0) is 37.7. The Labute approximate surface area is 305 Å². The molecular weight excluding hydrogens is 656 g/mol. The summed E-state index contributed by atoms with van der Waals surface area (Å²) in [6.45, 7) is 23.3. The molecule has 0 radical (unpaired) electrons. The van der Waals surface area contributed by atoms with E-state index in [1.165, 1.54) is 0 Å². The van der Waals surface area contributed by atoms with Gasteiger partial charge in [0.2, 0.25) is 11.6 Å². The predicted molar refractivity (Wildman–Crippen MR) is 205 cm³/mol. The molecule has 6 aromatic rings. The van der Waals surface area contributed by atoms with Gasteiger partial charge in [0.15, 0.2) is 0 Å². The number of hydrogen-bond acceptors (Lipinski definition) is 12. The summed E-state index contributed by atoms with van der Waals surface area (Å²) < 4.78 is 11.0. The topological polar surface area (TPSA) is 151 Å². The number of pyridine rings is 2.